The van der Waals surface area contributed by atoms with Gasteiger partial charge in [0.15, 0.2) is 5.76 Å². The largest absolute Gasteiger partial charge is 0.503 e. The van der Waals surface area contributed by atoms with Gasteiger partial charge in [-0.1, -0.05) is 42.5 Å². The second-order valence-electron chi connectivity index (χ2n) is 8.80. The molecular weight excluding hydrogens is 486 g/mol. The number of imidazole rings is 1. The zero-order valence-electron chi connectivity index (χ0n) is 20.0. The van der Waals surface area contributed by atoms with E-state index in [1.807, 2.05) is 55.5 Å². The van der Waals surface area contributed by atoms with Crippen molar-refractivity contribution in [3.8, 4) is 10.6 Å². The maximum absolute atomic E-state index is 14.0. The van der Waals surface area contributed by atoms with Crippen LogP contribution in [0.25, 0.3) is 21.6 Å². The Bertz CT molecular complexity index is 1710. The predicted octanol–water partition coefficient (Wildman–Crippen LogP) is 5.48. The third kappa shape index (κ3) is 3.80. The Labute approximate surface area is 216 Å². The Hall–Kier alpha value is -4.63. The number of Topliss-reactive ketones (excluding diaryl/α,β-unsaturated/α-hetero) is 1. The smallest absolute Gasteiger partial charge is 0.296 e. The molecule has 3 aromatic heterocycles. The number of benzene rings is 2. The molecule has 1 aliphatic heterocycles. The molecule has 2 aromatic carbocycles. The van der Waals surface area contributed by atoms with Crippen molar-refractivity contribution in [3.63, 3.8) is 0 Å². The van der Waals surface area contributed by atoms with Gasteiger partial charge in [-0.3, -0.25) is 19.5 Å². The van der Waals surface area contributed by atoms with Gasteiger partial charge in [0.2, 0.25) is 11.7 Å². The van der Waals surface area contributed by atoms with E-state index < -0.39 is 23.5 Å². The van der Waals surface area contributed by atoms with E-state index in [-0.39, 0.29) is 11.5 Å². The number of nitrogens with zero attached hydrogens (tertiary/aromatic N) is 4. The molecule has 9 heteroatoms. The molecule has 1 amide bonds. The Morgan fingerprint density at radius 1 is 1.03 bits per heavy atom. The number of aliphatic hydroxyl groups is 1. The van der Waals surface area contributed by atoms with Crippen LogP contribution in [0.3, 0.4) is 0 Å². The molecule has 37 heavy (non-hydrogen) atoms. The van der Waals surface area contributed by atoms with Crippen LogP contribution in [-0.2, 0) is 4.79 Å². The van der Waals surface area contributed by atoms with E-state index in [4.69, 9.17) is 0 Å². The Morgan fingerprint density at radius 3 is 2.57 bits per heavy atom. The average Bonchev–Trinajstić information content (AvgIpc) is 3.58. The predicted molar refractivity (Wildman–Crippen MR) is 142 cm³/mol. The van der Waals surface area contributed by atoms with Gasteiger partial charge < -0.3 is 10.1 Å². The van der Waals surface area contributed by atoms with Crippen LogP contribution in [-0.4, -0.2) is 36.7 Å². The third-order valence-electron chi connectivity index (χ3n) is 6.30. The summed E-state index contributed by atoms with van der Waals surface area (Å²) in [5, 5.41) is 11.8. The molecule has 182 valence electrons. The summed E-state index contributed by atoms with van der Waals surface area (Å²) in [5.74, 6) is -1.58. The number of carbonyl (C=O) groups is 2. The highest BCUT2D eigenvalue weighted by atomic mass is 32.1. The van der Waals surface area contributed by atoms with Crippen molar-refractivity contribution >= 4 is 40.0 Å². The maximum atomic E-state index is 14.0. The molecule has 6 rings (SSSR count). The molecule has 2 N–H and O–H groups in total. The van der Waals surface area contributed by atoms with Gasteiger partial charge in [0.1, 0.15) is 11.0 Å². The molecule has 0 saturated heterocycles. The molecule has 1 atom stereocenters. The molecule has 0 saturated carbocycles. The standard InChI is InChI=1S/C28H21N5O3S/c1-15-11-12-18-20(14-15)32-28(31-18)33-22(19-10-6-7-13-29-19)21(24(35)27(33)36)23(34)25-16(2)30-26(37-25)17-8-4-3-5-9-17/h3-14,22,35H,1-2H3,(H,31,32). The molecule has 5 aromatic rings. The lowest BCUT2D eigenvalue weighted by molar-refractivity contribution is -0.117. The molecule has 1 unspecified atom stereocenters. The lowest BCUT2D eigenvalue weighted by Crippen LogP contribution is -2.32. The van der Waals surface area contributed by atoms with E-state index in [1.165, 1.54) is 16.2 Å². The summed E-state index contributed by atoms with van der Waals surface area (Å²) in [4.78, 5) is 45.9. The van der Waals surface area contributed by atoms with Crippen LogP contribution in [0.15, 0.2) is 84.3 Å². The number of H-pyrrole nitrogens is 1. The number of rotatable bonds is 5. The van der Waals surface area contributed by atoms with Gasteiger partial charge in [0, 0.05) is 11.8 Å². The van der Waals surface area contributed by atoms with Gasteiger partial charge in [-0.2, -0.15) is 0 Å². The highest BCUT2D eigenvalue weighted by Gasteiger charge is 2.47. The second-order valence-corrected chi connectivity index (χ2v) is 9.80. The fraction of sp³-hybridized carbons (Fsp3) is 0.107. The molecule has 0 spiro atoms. The molecule has 1 aliphatic rings. The van der Waals surface area contributed by atoms with Gasteiger partial charge >= 0.3 is 0 Å². The van der Waals surface area contributed by atoms with Crippen molar-refractivity contribution in [2.45, 2.75) is 19.9 Å². The monoisotopic (exact) mass is 507 g/mol. The van der Waals surface area contributed by atoms with Crippen LogP contribution in [0.4, 0.5) is 5.95 Å². The van der Waals surface area contributed by atoms with Gasteiger partial charge in [-0.25, -0.2) is 9.97 Å². The van der Waals surface area contributed by atoms with E-state index >= 15 is 0 Å². The van der Waals surface area contributed by atoms with Crippen molar-refractivity contribution in [1.29, 1.82) is 0 Å². The van der Waals surface area contributed by atoms with Crippen molar-refractivity contribution < 1.29 is 14.7 Å². The molecule has 0 aliphatic carbocycles. The summed E-state index contributed by atoms with van der Waals surface area (Å²) in [6, 6.07) is 19.5. The quantitative estimate of drug-likeness (QED) is 0.305. The minimum Gasteiger partial charge on any atom is -0.503 e. The SMILES string of the molecule is Cc1ccc2nc(N3C(=O)C(O)=C(C(=O)c4sc(-c5ccccc5)nc4C)C3c3ccccn3)[nH]c2c1. The average molecular weight is 508 g/mol. The molecule has 0 bridgehead atoms. The number of aliphatic hydroxyl groups excluding tert-OH is 1. The van der Waals surface area contributed by atoms with E-state index in [9.17, 15) is 14.7 Å². The van der Waals surface area contributed by atoms with Crippen LogP contribution in [0.5, 0.6) is 0 Å². The van der Waals surface area contributed by atoms with Crippen LogP contribution in [0, 0.1) is 13.8 Å². The fourth-order valence-corrected chi connectivity index (χ4v) is 5.56. The molecule has 0 radical (unpaired) electrons. The minimum atomic E-state index is -0.968. The Morgan fingerprint density at radius 2 is 1.81 bits per heavy atom. The van der Waals surface area contributed by atoms with E-state index in [2.05, 4.69) is 19.9 Å². The van der Waals surface area contributed by atoms with Crippen molar-refractivity contribution in [2.75, 3.05) is 4.90 Å². The first kappa shape index (κ1) is 22.8. The van der Waals surface area contributed by atoms with Crippen molar-refractivity contribution in [3.05, 3.63) is 106 Å². The normalized spacial score (nSPS) is 15.7. The fourth-order valence-electron chi connectivity index (χ4n) is 4.53. The number of amides is 1. The number of fused-ring (bicyclic) bond motifs is 1. The molecule has 8 nitrogen and oxygen atoms in total. The summed E-state index contributed by atoms with van der Waals surface area (Å²) in [7, 11) is 0. The Balaban J connectivity index is 1.47. The summed E-state index contributed by atoms with van der Waals surface area (Å²) in [5.41, 5.74) is 4.24. The van der Waals surface area contributed by atoms with Crippen molar-refractivity contribution in [1.82, 2.24) is 19.9 Å². The highest BCUT2D eigenvalue weighted by molar-refractivity contribution is 7.17. The Kier molecular flexibility index (Phi) is 5.42. The summed E-state index contributed by atoms with van der Waals surface area (Å²) in [6.07, 6.45) is 1.59. The number of aromatic amines is 1. The van der Waals surface area contributed by atoms with Crippen LogP contribution >= 0.6 is 11.3 Å². The lowest BCUT2D eigenvalue weighted by Gasteiger charge is -2.23. The number of hydrogen-bond donors (Lipinski definition) is 2. The number of anilines is 1. The second kappa shape index (κ2) is 8.79. The first-order valence-electron chi connectivity index (χ1n) is 11.6. The topological polar surface area (TPSA) is 112 Å². The number of aryl methyl sites for hydroxylation is 2. The lowest BCUT2D eigenvalue weighted by atomic mass is 9.98. The van der Waals surface area contributed by atoms with Crippen LogP contribution in [0.2, 0.25) is 0 Å². The number of thiazole rings is 1. The summed E-state index contributed by atoms with van der Waals surface area (Å²) < 4.78 is 0. The van der Waals surface area contributed by atoms with Gasteiger partial charge in [0.25, 0.3) is 5.91 Å². The number of pyridine rings is 1. The summed E-state index contributed by atoms with van der Waals surface area (Å²) in [6.45, 7) is 3.71. The highest BCUT2D eigenvalue weighted by Crippen LogP contribution is 2.42. The molecular formula is C28H21N5O3S. The van der Waals surface area contributed by atoms with E-state index in [1.54, 1.807) is 31.3 Å². The van der Waals surface area contributed by atoms with E-state index in [0.717, 1.165) is 16.6 Å². The third-order valence-corrected chi connectivity index (χ3v) is 7.50. The number of carbonyl (C=O) groups excluding carboxylic acids is 2. The molecule has 4 heterocycles. The first-order chi connectivity index (χ1) is 17.9. The minimum absolute atomic E-state index is 0.0494. The van der Waals surface area contributed by atoms with Crippen LogP contribution < -0.4 is 4.90 Å². The van der Waals surface area contributed by atoms with Crippen LogP contribution in [0.1, 0.15) is 32.7 Å². The number of ketones is 1. The van der Waals surface area contributed by atoms with Gasteiger partial charge in [0.05, 0.1) is 32.9 Å². The van der Waals surface area contributed by atoms with E-state index in [0.29, 0.717) is 26.8 Å². The van der Waals surface area contributed by atoms with Gasteiger partial charge in [-0.05, 0) is 43.7 Å². The zero-order chi connectivity index (χ0) is 25.7. The van der Waals surface area contributed by atoms with Gasteiger partial charge in [-0.15, -0.1) is 11.3 Å². The summed E-state index contributed by atoms with van der Waals surface area (Å²) >= 11 is 1.23. The number of aromatic nitrogens is 4. The first-order valence-corrected chi connectivity index (χ1v) is 12.5. The van der Waals surface area contributed by atoms with Crippen molar-refractivity contribution in [2.24, 2.45) is 0 Å². The molecule has 0 fully saturated rings. The number of hydrogen-bond acceptors (Lipinski definition) is 7. The zero-order valence-corrected chi connectivity index (χ0v) is 20.8. The maximum Gasteiger partial charge on any atom is 0.296 e. The number of nitrogens with one attached hydrogen (secondary N) is 1.